The van der Waals surface area contributed by atoms with Crippen LogP contribution >= 0.6 is 23.8 Å². The highest BCUT2D eigenvalue weighted by molar-refractivity contribution is 7.80. The highest BCUT2D eigenvalue weighted by atomic mass is 35.5. The second-order valence-electron chi connectivity index (χ2n) is 9.65. The van der Waals surface area contributed by atoms with Gasteiger partial charge in [-0.15, -0.1) is 0 Å². The summed E-state index contributed by atoms with van der Waals surface area (Å²) in [7, 11) is 1.36. The van der Waals surface area contributed by atoms with Crippen LogP contribution in [-0.4, -0.2) is 33.6 Å². The predicted molar refractivity (Wildman–Crippen MR) is 160 cm³/mol. The van der Waals surface area contributed by atoms with Crippen molar-refractivity contribution >= 4 is 52.2 Å². The quantitative estimate of drug-likeness (QED) is 0.204. The molecule has 0 radical (unpaired) electrons. The van der Waals surface area contributed by atoms with Gasteiger partial charge in [0.2, 0.25) is 5.91 Å². The van der Waals surface area contributed by atoms with Crippen molar-refractivity contribution in [1.29, 1.82) is 0 Å². The number of benzene rings is 2. The monoisotopic (exact) mass is 573 g/mol. The standard InChI is InChI=1S/C30H28ClN5O3S/c1-18(2)28(37)33-23-14-13-21(17-22(23)31)36-27(26(34-30(36)40)24-7-4-5-15-32-24)25-8-6-16-35(25)20-11-9-19(10-12-20)29(38)39-3/h4-18,26-27H,1-3H3,(H,33,37)(H,34,40). The summed E-state index contributed by atoms with van der Waals surface area (Å²) in [6.45, 7) is 3.65. The fraction of sp³-hybridized carbons (Fsp3) is 0.200. The van der Waals surface area contributed by atoms with Crippen molar-refractivity contribution < 1.29 is 14.3 Å². The van der Waals surface area contributed by atoms with Crippen molar-refractivity contribution in [2.45, 2.75) is 25.9 Å². The maximum Gasteiger partial charge on any atom is 0.337 e. The molecule has 8 nitrogen and oxygen atoms in total. The molecule has 0 spiro atoms. The van der Waals surface area contributed by atoms with Gasteiger partial charge in [-0.2, -0.15) is 0 Å². The number of carbonyl (C=O) groups excluding carboxylic acids is 2. The molecule has 5 rings (SSSR count). The number of esters is 1. The molecular formula is C30H28ClN5O3S. The lowest BCUT2D eigenvalue weighted by Crippen LogP contribution is -2.30. The first-order valence-electron chi connectivity index (χ1n) is 12.8. The second kappa shape index (κ2) is 11.5. The largest absolute Gasteiger partial charge is 0.465 e. The third-order valence-electron chi connectivity index (χ3n) is 6.76. The number of halogens is 1. The van der Waals surface area contributed by atoms with Gasteiger partial charge in [0.1, 0.15) is 6.04 Å². The van der Waals surface area contributed by atoms with Gasteiger partial charge in [0.25, 0.3) is 0 Å². The third kappa shape index (κ3) is 5.30. The van der Waals surface area contributed by atoms with Crippen LogP contribution in [0.4, 0.5) is 11.4 Å². The van der Waals surface area contributed by atoms with E-state index in [9.17, 15) is 9.59 Å². The van der Waals surface area contributed by atoms with E-state index < -0.39 is 5.97 Å². The van der Waals surface area contributed by atoms with Crippen LogP contribution in [0.15, 0.2) is 85.2 Å². The fourth-order valence-corrected chi connectivity index (χ4v) is 5.28. The molecule has 2 unspecified atom stereocenters. The molecule has 1 aliphatic rings. The van der Waals surface area contributed by atoms with Crippen LogP contribution in [-0.2, 0) is 9.53 Å². The van der Waals surface area contributed by atoms with E-state index in [4.69, 9.17) is 28.6 Å². The van der Waals surface area contributed by atoms with Crippen LogP contribution < -0.4 is 15.5 Å². The Labute approximate surface area is 242 Å². The lowest BCUT2D eigenvalue weighted by molar-refractivity contribution is -0.118. The predicted octanol–water partition coefficient (Wildman–Crippen LogP) is 6.08. The number of pyridine rings is 1. The molecule has 204 valence electrons. The van der Waals surface area contributed by atoms with Gasteiger partial charge >= 0.3 is 5.97 Å². The van der Waals surface area contributed by atoms with Crippen molar-refractivity contribution in [3.8, 4) is 5.69 Å². The number of nitrogens with zero attached hydrogens (tertiary/aromatic N) is 3. The van der Waals surface area contributed by atoms with Crippen molar-refractivity contribution in [2.75, 3.05) is 17.3 Å². The highest BCUT2D eigenvalue weighted by Gasteiger charge is 2.42. The third-order valence-corrected chi connectivity index (χ3v) is 7.39. The maximum atomic E-state index is 12.3. The first-order chi connectivity index (χ1) is 19.3. The Bertz CT molecular complexity index is 1560. The lowest BCUT2D eigenvalue weighted by Gasteiger charge is -2.29. The average Bonchev–Trinajstić information content (AvgIpc) is 3.58. The van der Waals surface area contributed by atoms with E-state index in [0.717, 1.165) is 22.8 Å². The number of carbonyl (C=O) groups is 2. The molecule has 3 heterocycles. The number of thiocarbonyl (C=S) groups is 1. The zero-order valence-electron chi connectivity index (χ0n) is 22.2. The zero-order chi connectivity index (χ0) is 28.4. The summed E-state index contributed by atoms with van der Waals surface area (Å²) >= 11 is 12.5. The Balaban J connectivity index is 1.58. The molecule has 1 saturated heterocycles. The van der Waals surface area contributed by atoms with Crippen LogP contribution in [0.2, 0.25) is 5.02 Å². The highest BCUT2D eigenvalue weighted by Crippen LogP contribution is 2.43. The summed E-state index contributed by atoms with van der Waals surface area (Å²) in [6.07, 6.45) is 3.72. The number of hydrogen-bond acceptors (Lipinski definition) is 5. The number of aromatic nitrogens is 2. The summed E-state index contributed by atoms with van der Waals surface area (Å²) in [5, 5.41) is 7.25. The minimum atomic E-state index is -0.393. The van der Waals surface area contributed by atoms with E-state index in [1.807, 2.05) is 73.5 Å². The number of rotatable bonds is 7. The molecule has 10 heteroatoms. The van der Waals surface area contributed by atoms with Gasteiger partial charge in [-0.1, -0.05) is 31.5 Å². The van der Waals surface area contributed by atoms with Crippen LogP contribution in [0.1, 0.15) is 47.7 Å². The molecule has 2 aromatic heterocycles. The van der Waals surface area contributed by atoms with Crippen LogP contribution in [0, 0.1) is 5.92 Å². The maximum absolute atomic E-state index is 12.3. The molecular weight excluding hydrogens is 546 g/mol. The number of amides is 1. The minimum Gasteiger partial charge on any atom is -0.465 e. The Morgan fingerprint density at radius 3 is 2.45 bits per heavy atom. The lowest BCUT2D eigenvalue weighted by atomic mass is 10.0. The van der Waals surface area contributed by atoms with E-state index in [2.05, 4.69) is 20.2 Å². The smallest absolute Gasteiger partial charge is 0.337 e. The molecule has 2 atom stereocenters. The van der Waals surface area contributed by atoms with Crippen LogP contribution in [0.25, 0.3) is 5.69 Å². The van der Waals surface area contributed by atoms with Crippen molar-refractivity contribution in [3.05, 3.63) is 107 Å². The summed E-state index contributed by atoms with van der Waals surface area (Å²) in [5.74, 6) is -0.683. The minimum absolute atomic E-state index is 0.114. The van der Waals surface area contributed by atoms with E-state index in [0.29, 0.717) is 21.4 Å². The molecule has 40 heavy (non-hydrogen) atoms. The van der Waals surface area contributed by atoms with E-state index in [1.165, 1.54) is 7.11 Å². The molecule has 0 aliphatic carbocycles. The molecule has 1 amide bonds. The number of anilines is 2. The molecule has 1 aliphatic heterocycles. The van der Waals surface area contributed by atoms with Gasteiger partial charge in [-0.25, -0.2) is 4.79 Å². The Morgan fingerprint density at radius 1 is 1.05 bits per heavy atom. The van der Waals surface area contributed by atoms with Crippen LogP contribution in [0.3, 0.4) is 0 Å². The van der Waals surface area contributed by atoms with Gasteiger partial charge < -0.3 is 24.8 Å². The Morgan fingerprint density at radius 2 is 1.80 bits per heavy atom. The van der Waals surface area contributed by atoms with Gasteiger partial charge in [0, 0.05) is 35.4 Å². The number of methoxy groups -OCH3 is 1. The normalized spacial score (nSPS) is 16.6. The van der Waals surface area contributed by atoms with Crippen LogP contribution in [0.5, 0.6) is 0 Å². The number of hydrogen-bond donors (Lipinski definition) is 2. The summed E-state index contributed by atoms with van der Waals surface area (Å²) < 4.78 is 6.90. The Kier molecular flexibility index (Phi) is 7.86. The SMILES string of the molecule is COC(=O)c1ccc(-n2cccc2C2C(c3ccccn3)NC(=S)N2c2ccc(NC(=O)C(C)C)c(Cl)c2)cc1. The summed E-state index contributed by atoms with van der Waals surface area (Å²) in [4.78, 5) is 30.9. The molecule has 4 aromatic rings. The van der Waals surface area contributed by atoms with Gasteiger partial charge in [0.05, 0.1) is 35.1 Å². The first-order valence-corrected chi connectivity index (χ1v) is 13.5. The molecule has 1 fully saturated rings. The number of nitrogens with one attached hydrogen (secondary N) is 2. The van der Waals surface area contributed by atoms with Gasteiger partial charge in [-0.05, 0) is 78.9 Å². The van der Waals surface area contributed by atoms with Gasteiger partial charge in [0.15, 0.2) is 5.11 Å². The Hall–Kier alpha value is -4.21. The topological polar surface area (TPSA) is 88.5 Å². The summed E-state index contributed by atoms with van der Waals surface area (Å²) in [5.41, 5.74) is 4.42. The first kappa shape index (κ1) is 27.4. The number of ether oxygens (including phenoxy) is 1. The van der Waals surface area contributed by atoms with Crippen molar-refractivity contribution in [1.82, 2.24) is 14.9 Å². The average molecular weight is 574 g/mol. The van der Waals surface area contributed by atoms with E-state index in [-0.39, 0.29) is 23.9 Å². The second-order valence-corrected chi connectivity index (χ2v) is 10.4. The van der Waals surface area contributed by atoms with E-state index in [1.54, 1.807) is 30.5 Å². The molecule has 2 N–H and O–H groups in total. The molecule has 0 saturated carbocycles. The van der Waals surface area contributed by atoms with E-state index >= 15 is 0 Å². The fourth-order valence-electron chi connectivity index (χ4n) is 4.71. The zero-order valence-corrected chi connectivity index (χ0v) is 23.7. The van der Waals surface area contributed by atoms with Crippen molar-refractivity contribution in [3.63, 3.8) is 0 Å². The van der Waals surface area contributed by atoms with Crippen molar-refractivity contribution in [2.24, 2.45) is 5.92 Å². The molecule has 0 bridgehead atoms. The summed E-state index contributed by atoms with van der Waals surface area (Å²) in [6, 6.07) is 21.9. The molecule has 2 aromatic carbocycles. The van der Waals surface area contributed by atoms with Gasteiger partial charge in [-0.3, -0.25) is 9.78 Å².